The molecule has 1 fully saturated rings. The van der Waals surface area contributed by atoms with Gasteiger partial charge in [0.25, 0.3) is 0 Å². The largest absolute Gasteiger partial charge is 0.495 e. The van der Waals surface area contributed by atoms with E-state index in [1.54, 1.807) is 12.0 Å². The lowest BCUT2D eigenvalue weighted by Gasteiger charge is -2.37. The highest BCUT2D eigenvalue weighted by molar-refractivity contribution is 7.88. The number of methoxy groups -OCH3 is 1. The van der Waals surface area contributed by atoms with Crippen LogP contribution in [0.25, 0.3) is 0 Å². The van der Waals surface area contributed by atoms with Crippen molar-refractivity contribution in [3.63, 3.8) is 0 Å². The van der Waals surface area contributed by atoms with E-state index in [4.69, 9.17) is 4.74 Å². The number of carbonyl (C=O) groups excluding carboxylic acids is 1. The van der Waals surface area contributed by atoms with E-state index in [0.29, 0.717) is 31.7 Å². The van der Waals surface area contributed by atoms with E-state index in [0.717, 1.165) is 22.0 Å². The molecular formula is C21H26FN3O4S. The van der Waals surface area contributed by atoms with Crippen LogP contribution < -0.4 is 9.64 Å². The molecule has 2 aromatic rings. The maximum Gasteiger partial charge on any atom is 0.238 e. The Hall–Kier alpha value is -2.65. The van der Waals surface area contributed by atoms with Crippen molar-refractivity contribution in [1.29, 1.82) is 0 Å². The van der Waals surface area contributed by atoms with Crippen LogP contribution in [0, 0.1) is 5.82 Å². The third-order valence-corrected chi connectivity index (χ3v) is 6.31. The maximum atomic E-state index is 13.1. The van der Waals surface area contributed by atoms with E-state index in [9.17, 15) is 17.6 Å². The van der Waals surface area contributed by atoms with Crippen LogP contribution in [0.3, 0.4) is 0 Å². The van der Waals surface area contributed by atoms with Crippen molar-refractivity contribution in [1.82, 2.24) is 9.21 Å². The summed E-state index contributed by atoms with van der Waals surface area (Å²) < 4.78 is 44.0. The van der Waals surface area contributed by atoms with Crippen molar-refractivity contribution in [3.05, 3.63) is 59.9 Å². The van der Waals surface area contributed by atoms with E-state index in [1.165, 1.54) is 24.3 Å². The van der Waals surface area contributed by atoms with E-state index in [2.05, 4.69) is 4.90 Å². The van der Waals surface area contributed by atoms with Gasteiger partial charge in [0.2, 0.25) is 15.9 Å². The molecule has 162 valence electrons. The predicted octanol–water partition coefficient (Wildman–Crippen LogP) is 1.94. The topological polar surface area (TPSA) is 70.2 Å². The molecule has 1 saturated heterocycles. The van der Waals surface area contributed by atoms with E-state index < -0.39 is 15.8 Å². The Bertz CT molecular complexity index is 974. The summed E-state index contributed by atoms with van der Waals surface area (Å²) >= 11 is 0. The van der Waals surface area contributed by atoms with Crippen LogP contribution >= 0.6 is 0 Å². The number of sulfonamides is 1. The van der Waals surface area contributed by atoms with E-state index >= 15 is 0 Å². The lowest BCUT2D eigenvalue weighted by molar-refractivity contribution is -0.131. The molecule has 0 aliphatic carbocycles. The second kappa shape index (κ2) is 9.44. The molecule has 0 radical (unpaired) electrons. The Morgan fingerprint density at radius 2 is 1.70 bits per heavy atom. The van der Waals surface area contributed by atoms with Crippen LogP contribution in [0.2, 0.25) is 0 Å². The van der Waals surface area contributed by atoms with Gasteiger partial charge in [-0.3, -0.25) is 4.79 Å². The number of carbonyl (C=O) groups is 1. The van der Waals surface area contributed by atoms with Crippen molar-refractivity contribution in [2.75, 3.05) is 51.0 Å². The lowest BCUT2D eigenvalue weighted by Crippen LogP contribution is -2.51. The Balaban J connectivity index is 1.62. The molecule has 3 rings (SSSR count). The Morgan fingerprint density at radius 3 is 2.30 bits per heavy atom. The molecule has 2 aromatic carbocycles. The zero-order valence-electron chi connectivity index (χ0n) is 17.1. The number of amides is 1. The average Bonchev–Trinajstić information content (AvgIpc) is 2.74. The third-order valence-electron chi connectivity index (χ3n) is 5.11. The zero-order chi connectivity index (χ0) is 21.7. The molecule has 0 N–H and O–H groups in total. The van der Waals surface area contributed by atoms with Crippen molar-refractivity contribution in [3.8, 4) is 5.75 Å². The second-order valence-electron chi connectivity index (χ2n) is 7.20. The molecule has 1 heterocycles. The van der Waals surface area contributed by atoms with Gasteiger partial charge in [0.15, 0.2) is 0 Å². The summed E-state index contributed by atoms with van der Waals surface area (Å²) in [6.07, 6.45) is 1.07. The number of hydrogen-bond acceptors (Lipinski definition) is 5. The van der Waals surface area contributed by atoms with Crippen molar-refractivity contribution in [2.45, 2.75) is 6.54 Å². The summed E-state index contributed by atoms with van der Waals surface area (Å²) in [4.78, 5) is 16.6. The zero-order valence-corrected chi connectivity index (χ0v) is 17.9. The van der Waals surface area contributed by atoms with Gasteiger partial charge in [0.1, 0.15) is 11.6 Å². The number of benzene rings is 2. The standard InChI is InChI=1S/C21H26FN3O4S/c1-29-20-6-4-3-5-19(20)23-11-13-24(14-12-23)21(26)16-25(30(2,27)28)15-17-7-9-18(22)10-8-17/h3-10H,11-16H2,1-2H3. The molecule has 0 bridgehead atoms. The molecule has 0 spiro atoms. The second-order valence-corrected chi connectivity index (χ2v) is 9.18. The van der Waals surface area contributed by atoms with Crippen LogP contribution in [0.1, 0.15) is 5.56 Å². The summed E-state index contributed by atoms with van der Waals surface area (Å²) in [7, 11) is -1.98. The molecule has 0 unspecified atom stereocenters. The minimum Gasteiger partial charge on any atom is -0.495 e. The predicted molar refractivity (Wildman–Crippen MR) is 113 cm³/mol. The van der Waals surface area contributed by atoms with Crippen LogP contribution in [0.5, 0.6) is 5.75 Å². The van der Waals surface area contributed by atoms with Crippen LogP contribution in [-0.2, 0) is 21.4 Å². The van der Waals surface area contributed by atoms with Gasteiger partial charge < -0.3 is 14.5 Å². The molecule has 0 atom stereocenters. The van der Waals surface area contributed by atoms with Crippen LogP contribution in [-0.4, -0.2) is 69.6 Å². The number of piperazine rings is 1. The number of rotatable bonds is 7. The number of halogens is 1. The fraction of sp³-hybridized carbons (Fsp3) is 0.381. The van der Waals surface area contributed by atoms with Crippen LogP contribution in [0.15, 0.2) is 48.5 Å². The molecule has 0 saturated carbocycles. The smallest absolute Gasteiger partial charge is 0.238 e. The first-order valence-electron chi connectivity index (χ1n) is 9.63. The fourth-order valence-corrected chi connectivity index (χ4v) is 4.15. The normalized spacial score (nSPS) is 14.8. The number of ether oxygens (including phenoxy) is 1. The van der Waals surface area contributed by atoms with Gasteiger partial charge >= 0.3 is 0 Å². The Morgan fingerprint density at radius 1 is 1.07 bits per heavy atom. The number of hydrogen-bond donors (Lipinski definition) is 0. The molecule has 7 nitrogen and oxygen atoms in total. The van der Waals surface area contributed by atoms with Gasteiger partial charge in [0, 0.05) is 32.7 Å². The molecule has 9 heteroatoms. The summed E-state index contributed by atoms with van der Waals surface area (Å²) in [6.45, 7) is 2.01. The lowest BCUT2D eigenvalue weighted by atomic mass is 10.2. The summed E-state index contributed by atoms with van der Waals surface area (Å²) in [5.41, 5.74) is 1.59. The first kappa shape index (κ1) is 22.0. The highest BCUT2D eigenvalue weighted by Gasteiger charge is 2.27. The molecule has 1 aliphatic heterocycles. The molecule has 1 aliphatic rings. The van der Waals surface area contributed by atoms with Gasteiger partial charge in [-0.25, -0.2) is 12.8 Å². The maximum absolute atomic E-state index is 13.1. The van der Waals surface area contributed by atoms with Crippen molar-refractivity contribution in [2.24, 2.45) is 0 Å². The molecular weight excluding hydrogens is 409 g/mol. The van der Waals surface area contributed by atoms with Gasteiger partial charge in [-0.1, -0.05) is 24.3 Å². The van der Waals surface area contributed by atoms with Crippen LogP contribution in [0.4, 0.5) is 10.1 Å². The van der Waals surface area contributed by atoms with Crippen molar-refractivity contribution < 1.29 is 22.3 Å². The minimum absolute atomic E-state index is 0.0199. The third kappa shape index (κ3) is 5.48. The summed E-state index contributed by atoms with van der Waals surface area (Å²) in [5.74, 6) is 0.135. The van der Waals surface area contributed by atoms with Crippen molar-refractivity contribution >= 4 is 21.6 Å². The summed E-state index contributed by atoms with van der Waals surface area (Å²) in [5, 5.41) is 0. The molecule has 30 heavy (non-hydrogen) atoms. The Kier molecular flexibility index (Phi) is 6.94. The number of para-hydroxylation sites is 2. The summed E-state index contributed by atoms with van der Waals surface area (Å²) in [6, 6.07) is 13.3. The van der Waals surface area contributed by atoms with Gasteiger partial charge in [-0.2, -0.15) is 4.31 Å². The monoisotopic (exact) mass is 435 g/mol. The van der Waals surface area contributed by atoms with Gasteiger partial charge in [-0.15, -0.1) is 0 Å². The number of anilines is 1. The van der Waals surface area contributed by atoms with E-state index in [1.807, 2.05) is 24.3 Å². The first-order chi connectivity index (χ1) is 14.3. The fourth-order valence-electron chi connectivity index (χ4n) is 3.42. The highest BCUT2D eigenvalue weighted by Crippen LogP contribution is 2.28. The highest BCUT2D eigenvalue weighted by atomic mass is 32.2. The van der Waals surface area contributed by atoms with E-state index in [-0.39, 0.29) is 19.0 Å². The first-order valence-corrected chi connectivity index (χ1v) is 11.5. The van der Waals surface area contributed by atoms with Gasteiger partial charge in [-0.05, 0) is 29.8 Å². The molecule has 0 aromatic heterocycles. The minimum atomic E-state index is -3.60. The molecule has 1 amide bonds. The quantitative estimate of drug-likeness (QED) is 0.665. The number of nitrogens with zero attached hydrogens (tertiary/aromatic N) is 3. The van der Waals surface area contributed by atoms with Gasteiger partial charge in [0.05, 0.1) is 25.6 Å². The average molecular weight is 436 g/mol. The Labute approximate surface area is 176 Å². The SMILES string of the molecule is COc1ccccc1N1CCN(C(=O)CN(Cc2ccc(F)cc2)S(C)(=O)=O)CC1.